The number of aromatic nitrogens is 2. The average Bonchev–Trinajstić information content (AvgIpc) is 3.55. The minimum Gasteiger partial charge on any atom is -0.331 e. The number of imidazole rings is 1. The molecule has 9 nitrogen and oxygen atoms in total. The zero-order valence-electron chi connectivity index (χ0n) is 25.0. The van der Waals surface area contributed by atoms with Crippen molar-refractivity contribution >= 4 is 33.4 Å². The summed E-state index contributed by atoms with van der Waals surface area (Å²) in [5.74, 6) is -6.49. The Morgan fingerprint density at radius 1 is 1.20 bits per heavy atom. The van der Waals surface area contributed by atoms with Gasteiger partial charge in [0.25, 0.3) is 10.0 Å². The van der Waals surface area contributed by atoms with Crippen molar-refractivity contribution in [3.05, 3.63) is 58.7 Å². The highest BCUT2D eigenvalue weighted by atomic mass is 32.2. The number of urea groups is 1. The number of thiophene rings is 1. The molecule has 0 atom stereocenters. The summed E-state index contributed by atoms with van der Waals surface area (Å²) in [7, 11) is -4.85. The molecule has 1 N–H and O–H groups in total. The van der Waals surface area contributed by atoms with Crippen LogP contribution in [-0.4, -0.2) is 53.7 Å². The van der Waals surface area contributed by atoms with Gasteiger partial charge in [-0.25, -0.2) is 40.9 Å². The first kappa shape index (κ1) is 35.3. The molecule has 4 rings (SSSR count). The number of hydroxylamine groups is 2. The fraction of sp³-hybridized carbons (Fsp3) is 0.483. The maximum absolute atomic E-state index is 15.3. The maximum atomic E-state index is 15.3. The van der Waals surface area contributed by atoms with Gasteiger partial charge in [0, 0.05) is 41.2 Å². The zero-order valence-corrected chi connectivity index (χ0v) is 26.7. The highest BCUT2D eigenvalue weighted by Crippen LogP contribution is 2.38. The summed E-state index contributed by atoms with van der Waals surface area (Å²) in [6, 6.07) is 3.92. The minimum atomic E-state index is -5.53. The van der Waals surface area contributed by atoms with Gasteiger partial charge in [-0.1, -0.05) is 26.0 Å². The number of aryl methyl sites for hydroxylation is 1. The van der Waals surface area contributed by atoms with Gasteiger partial charge >= 0.3 is 18.2 Å². The van der Waals surface area contributed by atoms with Crippen LogP contribution in [0, 0.1) is 24.6 Å². The second kappa shape index (κ2) is 13.6. The molecule has 0 saturated heterocycles. The number of carbonyl (C=O) groups excluding carboxylic acids is 2. The third-order valence-corrected chi connectivity index (χ3v) is 10.4. The molecule has 46 heavy (non-hydrogen) atoms. The number of hydrogen-bond donors (Lipinski definition) is 1. The Hall–Kier alpha value is -3.60. The van der Waals surface area contributed by atoms with E-state index in [1.54, 1.807) is 28.6 Å². The van der Waals surface area contributed by atoms with Crippen molar-refractivity contribution in [1.82, 2.24) is 19.3 Å². The lowest BCUT2D eigenvalue weighted by Crippen LogP contribution is -2.48. The molecule has 1 aliphatic carbocycles. The van der Waals surface area contributed by atoms with Gasteiger partial charge in [-0.15, -0.1) is 11.3 Å². The summed E-state index contributed by atoms with van der Waals surface area (Å²) in [5.41, 5.74) is 0.493. The molecule has 252 valence electrons. The predicted octanol–water partition coefficient (Wildman–Crippen LogP) is 6.85. The molecule has 17 heteroatoms. The van der Waals surface area contributed by atoms with E-state index in [-0.39, 0.29) is 41.5 Å². The number of nitrogens with one attached hydrogen (secondary N) is 1. The first-order valence-corrected chi connectivity index (χ1v) is 16.5. The van der Waals surface area contributed by atoms with E-state index in [9.17, 15) is 40.0 Å². The molecule has 0 bridgehead atoms. The van der Waals surface area contributed by atoms with E-state index in [1.165, 1.54) is 18.2 Å². The Bertz CT molecular complexity index is 1680. The lowest BCUT2D eigenvalue weighted by Gasteiger charge is -2.31. The number of sulfonamides is 1. The molecule has 1 fully saturated rings. The fourth-order valence-corrected chi connectivity index (χ4v) is 7.86. The molecule has 0 radical (unpaired) electrons. The summed E-state index contributed by atoms with van der Waals surface area (Å²) in [6.45, 7) is 4.93. The number of halogens is 6. The van der Waals surface area contributed by atoms with E-state index in [2.05, 4.69) is 9.82 Å². The summed E-state index contributed by atoms with van der Waals surface area (Å²) >= 11 is 0.786. The first-order valence-electron chi connectivity index (χ1n) is 14.2. The smallest absolute Gasteiger partial charge is 0.331 e. The molecule has 1 aromatic carbocycles. The predicted molar refractivity (Wildman–Crippen MR) is 156 cm³/mol. The Labute approximate surface area is 265 Å². The number of amides is 2. The standard InChI is InChI=1S/C29H32F6N4O5S2/c1-17(2)12-22-14-23(20-4-5-21(24(30)13-20)16-38-11-10-36-18(38)3)25(45-22)46(42,43)37-27(41)39(44-26(40)29(33,34)35)15-19-6-8-28(31,32)9-7-19/h4-5,10-11,13-14,17,19H,6-9,12,15-16H2,1-3H3,(H,37,41). The highest BCUT2D eigenvalue weighted by Gasteiger charge is 2.45. The van der Waals surface area contributed by atoms with Crippen LogP contribution in [0.15, 0.2) is 40.9 Å². The van der Waals surface area contributed by atoms with E-state index < -0.39 is 69.5 Å². The molecule has 2 aromatic heterocycles. The maximum Gasteiger partial charge on any atom is 0.493 e. The van der Waals surface area contributed by atoms with Crippen molar-refractivity contribution in [2.75, 3.05) is 6.54 Å². The van der Waals surface area contributed by atoms with Crippen molar-refractivity contribution < 1.29 is 49.2 Å². The van der Waals surface area contributed by atoms with Gasteiger partial charge in [0.15, 0.2) is 0 Å². The van der Waals surface area contributed by atoms with E-state index in [0.717, 1.165) is 17.4 Å². The van der Waals surface area contributed by atoms with Crippen LogP contribution in [0.5, 0.6) is 0 Å². The van der Waals surface area contributed by atoms with Crippen molar-refractivity contribution in [2.24, 2.45) is 11.8 Å². The van der Waals surface area contributed by atoms with Crippen LogP contribution in [0.2, 0.25) is 0 Å². The molecule has 3 aromatic rings. The molecular weight excluding hydrogens is 662 g/mol. The summed E-state index contributed by atoms with van der Waals surface area (Å²) in [4.78, 5) is 33.6. The van der Waals surface area contributed by atoms with Gasteiger partial charge < -0.3 is 9.40 Å². The molecule has 2 amide bonds. The Morgan fingerprint density at radius 3 is 2.43 bits per heavy atom. The summed E-state index contributed by atoms with van der Waals surface area (Å²) in [5, 5.41) is -0.101. The van der Waals surface area contributed by atoms with Crippen LogP contribution in [-0.2, 0) is 32.6 Å². The van der Waals surface area contributed by atoms with Gasteiger partial charge in [0.2, 0.25) is 5.92 Å². The monoisotopic (exact) mass is 694 g/mol. The van der Waals surface area contributed by atoms with Gasteiger partial charge in [0.1, 0.15) is 15.9 Å². The van der Waals surface area contributed by atoms with Gasteiger partial charge in [-0.2, -0.15) is 18.2 Å². The number of benzene rings is 1. The number of alkyl halides is 5. The molecule has 0 aliphatic heterocycles. The fourth-order valence-electron chi connectivity index (χ4n) is 4.97. The number of rotatable bonds is 9. The Morgan fingerprint density at radius 2 is 1.87 bits per heavy atom. The normalized spacial score (nSPS) is 15.6. The van der Waals surface area contributed by atoms with Crippen LogP contribution >= 0.6 is 11.3 Å². The molecule has 1 saturated carbocycles. The van der Waals surface area contributed by atoms with Crippen LogP contribution in [0.1, 0.15) is 55.8 Å². The summed E-state index contributed by atoms with van der Waals surface area (Å²) < 4.78 is 112. The largest absolute Gasteiger partial charge is 0.493 e. The molecule has 0 unspecified atom stereocenters. The van der Waals surface area contributed by atoms with Crippen molar-refractivity contribution in [3.8, 4) is 11.1 Å². The van der Waals surface area contributed by atoms with Crippen LogP contribution in [0.4, 0.5) is 31.1 Å². The molecule has 2 heterocycles. The summed E-state index contributed by atoms with van der Waals surface area (Å²) in [6.07, 6.45) is -3.50. The second-order valence-electron chi connectivity index (χ2n) is 11.6. The van der Waals surface area contributed by atoms with Crippen LogP contribution < -0.4 is 4.72 Å². The zero-order chi connectivity index (χ0) is 34.0. The van der Waals surface area contributed by atoms with Gasteiger partial charge in [0.05, 0.1) is 13.1 Å². The Kier molecular flexibility index (Phi) is 10.4. The third kappa shape index (κ3) is 8.80. The van der Waals surface area contributed by atoms with Crippen molar-refractivity contribution in [1.29, 1.82) is 0 Å². The second-order valence-corrected chi connectivity index (χ2v) is 14.6. The SMILES string of the molecule is Cc1nccn1Cc1ccc(-c2cc(CC(C)C)sc2S(=O)(=O)NC(=O)N(CC2CCC(F)(F)CC2)OC(=O)C(F)(F)F)cc1F. The van der Waals surface area contributed by atoms with Gasteiger partial charge in [-0.05, 0) is 55.7 Å². The number of carbonyl (C=O) groups is 2. The third-order valence-electron chi connectivity index (χ3n) is 7.36. The topological polar surface area (TPSA) is 111 Å². The molecule has 1 aliphatic rings. The molecular formula is C29H32F6N4O5S2. The van der Waals surface area contributed by atoms with Gasteiger partial charge in [-0.3, -0.25) is 0 Å². The lowest BCUT2D eigenvalue weighted by molar-refractivity contribution is -0.229. The lowest BCUT2D eigenvalue weighted by atomic mass is 9.87. The van der Waals surface area contributed by atoms with Crippen molar-refractivity contribution in [2.45, 2.75) is 75.7 Å². The van der Waals surface area contributed by atoms with E-state index >= 15 is 4.39 Å². The molecule has 0 spiro atoms. The average molecular weight is 695 g/mol. The van der Waals surface area contributed by atoms with Crippen molar-refractivity contribution in [3.63, 3.8) is 0 Å². The van der Waals surface area contributed by atoms with E-state index in [0.29, 0.717) is 22.7 Å². The van der Waals surface area contributed by atoms with Crippen LogP contribution in [0.3, 0.4) is 0 Å². The Balaban J connectivity index is 1.64. The number of hydrogen-bond acceptors (Lipinski definition) is 7. The first-order chi connectivity index (χ1) is 21.3. The van der Waals surface area contributed by atoms with Crippen LogP contribution in [0.25, 0.3) is 11.1 Å². The number of nitrogens with zero attached hydrogens (tertiary/aromatic N) is 3. The van der Waals surface area contributed by atoms with E-state index in [4.69, 9.17) is 0 Å². The van der Waals surface area contributed by atoms with E-state index in [1.807, 2.05) is 13.8 Å². The minimum absolute atomic E-state index is 0.0403. The quantitative estimate of drug-likeness (QED) is 0.194. The highest BCUT2D eigenvalue weighted by molar-refractivity contribution is 7.92.